The number of halogens is 1. The lowest BCUT2D eigenvalue weighted by Crippen LogP contribution is -2.00. The Morgan fingerprint density at radius 1 is 1.16 bits per heavy atom. The fourth-order valence-electron chi connectivity index (χ4n) is 1.55. The Bertz CT molecular complexity index is 590. The number of hydrogen-bond donors (Lipinski definition) is 2. The van der Waals surface area contributed by atoms with Gasteiger partial charge in [-0.3, -0.25) is 0 Å². The second-order valence-corrected chi connectivity index (χ2v) is 4.62. The highest BCUT2D eigenvalue weighted by Gasteiger charge is 2.06. The van der Waals surface area contributed by atoms with Crippen LogP contribution in [0.4, 0.5) is 17.2 Å². The number of nitrogens with two attached hydrogens (primary N) is 1. The lowest BCUT2D eigenvalue weighted by Gasteiger charge is -2.11. The minimum absolute atomic E-state index is 0.393. The van der Waals surface area contributed by atoms with E-state index in [1.54, 1.807) is 19.2 Å². The molecule has 0 atom stereocenters. The Labute approximate surface area is 119 Å². The van der Waals surface area contributed by atoms with Crippen molar-refractivity contribution >= 4 is 33.1 Å². The van der Waals surface area contributed by atoms with Gasteiger partial charge >= 0.3 is 0 Å². The smallest absolute Gasteiger partial charge is 0.238 e. The molecule has 2 rings (SSSR count). The predicted molar refractivity (Wildman–Crippen MR) is 79.2 cm³/mol. The van der Waals surface area contributed by atoms with Crippen LogP contribution in [0.2, 0.25) is 0 Å². The zero-order chi connectivity index (χ0) is 13.8. The number of nitrogens with one attached hydrogen (secondary N) is 1. The minimum atomic E-state index is 0.393. The van der Waals surface area contributed by atoms with Crippen LogP contribution in [0, 0.1) is 0 Å². The summed E-state index contributed by atoms with van der Waals surface area (Å²) < 4.78 is 11.2. The Morgan fingerprint density at radius 2 is 1.95 bits per heavy atom. The standard InChI is InChI=1S/C13H14BrN3O2/c1-18-8-3-4-9(14)11(7-8)16-12-6-5-10(15)13(17-12)19-2/h3-7H,15H2,1-2H3,(H,16,17). The Morgan fingerprint density at radius 3 is 2.63 bits per heavy atom. The molecule has 0 aliphatic heterocycles. The highest BCUT2D eigenvalue weighted by Crippen LogP contribution is 2.30. The van der Waals surface area contributed by atoms with Crippen LogP contribution in [-0.4, -0.2) is 19.2 Å². The van der Waals surface area contributed by atoms with Gasteiger partial charge in [-0.25, -0.2) is 0 Å². The van der Waals surface area contributed by atoms with Gasteiger partial charge in [-0.15, -0.1) is 0 Å². The zero-order valence-corrected chi connectivity index (χ0v) is 12.2. The first-order valence-electron chi connectivity index (χ1n) is 5.55. The first-order chi connectivity index (χ1) is 9.13. The van der Waals surface area contributed by atoms with Crippen LogP contribution in [0.25, 0.3) is 0 Å². The van der Waals surface area contributed by atoms with Crippen molar-refractivity contribution in [2.75, 3.05) is 25.3 Å². The summed E-state index contributed by atoms with van der Waals surface area (Å²) in [6.07, 6.45) is 0. The number of nitrogens with zero attached hydrogens (tertiary/aromatic N) is 1. The number of methoxy groups -OCH3 is 2. The van der Waals surface area contributed by atoms with Gasteiger partial charge in [-0.2, -0.15) is 4.98 Å². The van der Waals surface area contributed by atoms with Gasteiger partial charge in [0.05, 0.1) is 25.6 Å². The van der Waals surface area contributed by atoms with Crippen LogP contribution in [0.5, 0.6) is 11.6 Å². The molecule has 5 nitrogen and oxygen atoms in total. The Hall–Kier alpha value is -1.95. The molecule has 0 saturated heterocycles. The van der Waals surface area contributed by atoms with Gasteiger partial charge in [0.15, 0.2) is 0 Å². The Balaban J connectivity index is 2.30. The van der Waals surface area contributed by atoms with Gasteiger partial charge in [0.25, 0.3) is 0 Å². The molecule has 0 unspecified atom stereocenters. The van der Waals surface area contributed by atoms with Crippen LogP contribution in [0.15, 0.2) is 34.8 Å². The van der Waals surface area contributed by atoms with Crippen LogP contribution in [-0.2, 0) is 0 Å². The van der Waals surface area contributed by atoms with E-state index in [-0.39, 0.29) is 0 Å². The van der Waals surface area contributed by atoms with Gasteiger partial charge in [-0.05, 0) is 40.2 Å². The van der Waals surface area contributed by atoms with E-state index >= 15 is 0 Å². The lowest BCUT2D eigenvalue weighted by molar-refractivity contribution is 0.401. The van der Waals surface area contributed by atoms with Crippen molar-refractivity contribution in [2.24, 2.45) is 0 Å². The second-order valence-electron chi connectivity index (χ2n) is 3.77. The molecule has 0 radical (unpaired) electrons. The minimum Gasteiger partial charge on any atom is -0.497 e. The quantitative estimate of drug-likeness (QED) is 0.904. The highest BCUT2D eigenvalue weighted by molar-refractivity contribution is 9.10. The molecular formula is C13H14BrN3O2. The summed E-state index contributed by atoms with van der Waals surface area (Å²) in [6, 6.07) is 9.16. The summed E-state index contributed by atoms with van der Waals surface area (Å²) >= 11 is 3.47. The molecule has 0 bridgehead atoms. The van der Waals surface area contributed by atoms with E-state index in [9.17, 15) is 0 Å². The molecular weight excluding hydrogens is 310 g/mol. The maximum Gasteiger partial charge on any atom is 0.238 e. The monoisotopic (exact) mass is 323 g/mol. The summed E-state index contributed by atoms with van der Waals surface area (Å²) in [5.74, 6) is 1.79. The first kappa shape index (κ1) is 13.5. The zero-order valence-electron chi connectivity index (χ0n) is 10.6. The first-order valence-corrected chi connectivity index (χ1v) is 6.34. The van der Waals surface area contributed by atoms with Gasteiger partial charge in [0.1, 0.15) is 11.6 Å². The number of aromatic nitrogens is 1. The van der Waals surface area contributed by atoms with Crippen molar-refractivity contribution < 1.29 is 9.47 Å². The number of anilines is 3. The fourth-order valence-corrected chi connectivity index (χ4v) is 1.90. The summed E-state index contributed by atoms with van der Waals surface area (Å²) in [5, 5.41) is 3.18. The van der Waals surface area contributed by atoms with E-state index in [1.165, 1.54) is 7.11 Å². The molecule has 0 saturated carbocycles. The average molecular weight is 324 g/mol. The van der Waals surface area contributed by atoms with Crippen molar-refractivity contribution in [3.63, 3.8) is 0 Å². The van der Waals surface area contributed by atoms with Crippen molar-refractivity contribution in [3.05, 3.63) is 34.8 Å². The lowest BCUT2D eigenvalue weighted by atomic mass is 10.3. The fraction of sp³-hybridized carbons (Fsp3) is 0.154. The molecule has 2 aromatic rings. The number of benzene rings is 1. The summed E-state index contributed by atoms with van der Waals surface area (Å²) in [7, 11) is 3.15. The third-order valence-corrected chi connectivity index (χ3v) is 3.21. The molecule has 1 aromatic carbocycles. The molecule has 0 fully saturated rings. The Kier molecular flexibility index (Phi) is 4.11. The van der Waals surface area contributed by atoms with Crippen LogP contribution >= 0.6 is 15.9 Å². The third kappa shape index (κ3) is 3.08. The number of nitrogen functional groups attached to an aromatic ring is 1. The summed E-state index contributed by atoms with van der Waals surface area (Å²) in [5.41, 5.74) is 7.07. The normalized spacial score (nSPS) is 10.1. The number of hydrogen-bond acceptors (Lipinski definition) is 5. The number of rotatable bonds is 4. The molecule has 19 heavy (non-hydrogen) atoms. The van der Waals surface area contributed by atoms with E-state index in [0.717, 1.165) is 15.9 Å². The molecule has 1 aromatic heterocycles. The molecule has 0 aliphatic carbocycles. The van der Waals surface area contributed by atoms with Crippen LogP contribution in [0.3, 0.4) is 0 Å². The second kappa shape index (κ2) is 5.79. The largest absolute Gasteiger partial charge is 0.497 e. The van der Waals surface area contributed by atoms with Gasteiger partial charge in [0.2, 0.25) is 5.88 Å². The van der Waals surface area contributed by atoms with Crippen molar-refractivity contribution in [2.45, 2.75) is 0 Å². The van der Waals surface area contributed by atoms with Crippen LogP contribution in [0.1, 0.15) is 0 Å². The van der Waals surface area contributed by atoms with E-state index in [2.05, 4.69) is 26.2 Å². The molecule has 0 spiro atoms. The summed E-state index contributed by atoms with van der Waals surface area (Å²) in [6.45, 7) is 0. The van der Waals surface area contributed by atoms with E-state index in [1.807, 2.05) is 18.2 Å². The maximum atomic E-state index is 5.72. The SMILES string of the molecule is COc1ccc(Br)c(Nc2ccc(N)c(OC)n2)c1. The molecule has 3 N–H and O–H groups in total. The van der Waals surface area contributed by atoms with Gasteiger partial charge in [-0.1, -0.05) is 0 Å². The van der Waals surface area contributed by atoms with Crippen LogP contribution < -0.4 is 20.5 Å². The number of pyridine rings is 1. The molecule has 1 heterocycles. The molecule has 100 valence electrons. The topological polar surface area (TPSA) is 69.4 Å². The molecule has 0 amide bonds. The molecule has 6 heteroatoms. The summed E-state index contributed by atoms with van der Waals surface area (Å²) in [4.78, 5) is 4.26. The van der Waals surface area contributed by atoms with E-state index < -0.39 is 0 Å². The van der Waals surface area contributed by atoms with E-state index in [0.29, 0.717) is 17.4 Å². The van der Waals surface area contributed by atoms with Gasteiger partial charge < -0.3 is 20.5 Å². The van der Waals surface area contributed by atoms with Crippen molar-refractivity contribution in [3.8, 4) is 11.6 Å². The predicted octanol–water partition coefficient (Wildman–Crippen LogP) is 3.19. The molecule has 0 aliphatic rings. The highest BCUT2D eigenvalue weighted by atomic mass is 79.9. The average Bonchev–Trinajstić information content (AvgIpc) is 2.43. The van der Waals surface area contributed by atoms with E-state index in [4.69, 9.17) is 15.2 Å². The number of ether oxygens (including phenoxy) is 2. The van der Waals surface area contributed by atoms with Crippen molar-refractivity contribution in [1.82, 2.24) is 4.98 Å². The maximum absolute atomic E-state index is 5.72. The third-order valence-electron chi connectivity index (χ3n) is 2.52. The van der Waals surface area contributed by atoms with Crippen molar-refractivity contribution in [1.29, 1.82) is 0 Å². The van der Waals surface area contributed by atoms with Gasteiger partial charge in [0, 0.05) is 10.5 Å².